The molecule has 136 valence electrons. The van der Waals surface area contributed by atoms with Crippen LogP contribution in [0.4, 0.5) is 0 Å². The summed E-state index contributed by atoms with van der Waals surface area (Å²) in [6.45, 7) is 1.95. The summed E-state index contributed by atoms with van der Waals surface area (Å²) < 4.78 is 0.701. The average molecular weight is 359 g/mol. The number of nitrogens with zero attached hydrogens (tertiary/aromatic N) is 2. The highest BCUT2D eigenvalue weighted by Crippen LogP contribution is 2.29. The van der Waals surface area contributed by atoms with Crippen LogP contribution in [0.15, 0.2) is 66.7 Å². The Morgan fingerprint density at radius 1 is 0.778 bits per heavy atom. The third-order valence-electron chi connectivity index (χ3n) is 5.24. The fraction of sp³-hybridized carbons (Fsp3) is 0.217. The fourth-order valence-electron chi connectivity index (χ4n) is 3.81. The van der Waals surface area contributed by atoms with Gasteiger partial charge in [-0.2, -0.15) is 0 Å². The van der Waals surface area contributed by atoms with Crippen LogP contribution < -0.4 is 0 Å². The first-order chi connectivity index (χ1) is 13.0. The molecule has 0 N–H and O–H groups in total. The molecule has 0 spiro atoms. The molecule has 4 rings (SSSR count). The van der Waals surface area contributed by atoms with Gasteiger partial charge in [0, 0.05) is 22.1 Å². The molecule has 4 heteroatoms. The van der Waals surface area contributed by atoms with Crippen molar-refractivity contribution in [1.29, 1.82) is 0 Å². The SMILES string of the molecule is C[N+](C)(CCN1C(=O)c2cccc3cccc(c23)C1=O)Cc1ccccc1. The summed E-state index contributed by atoms with van der Waals surface area (Å²) in [4.78, 5) is 27.4. The molecule has 0 radical (unpaired) electrons. The van der Waals surface area contributed by atoms with E-state index < -0.39 is 0 Å². The van der Waals surface area contributed by atoms with Crippen molar-refractivity contribution >= 4 is 22.6 Å². The number of imide groups is 1. The number of hydrogen-bond acceptors (Lipinski definition) is 2. The Morgan fingerprint density at radius 2 is 1.37 bits per heavy atom. The standard InChI is InChI=1S/C23H23N2O2/c1-25(2,16-17-8-4-3-5-9-17)15-14-24-22(26)19-12-6-10-18-11-7-13-20(21(18)19)23(24)27/h3-13H,14-16H2,1-2H3/q+1. The zero-order valence-electron chi connectivity index (χ0n) is 15.7. The average Bonchev–Trinajstić information content (AvgIpc) is 2.66. The van der Waals surface area contributed by atoms with Gasteiger partial charge in [0.2, 0.25) is 0 Å². The van der Waals surface area contributed by atoms with E-state index >= 15 is 0 Å². The van der Waals surface area contributed by atoms with E-state index in [4.69, 9.17) is 0 Å². The molecule has 27 heavy (non-hydrogen) atoms. The predicted molar refractivity (Wildman–Crippen MR) is 106 cm³/mol. The second-order valence-corrected chi connectivity index (χ2v) is 7.77. The maximum absolute atomic E-state index is 13.0. The van der Waals surface area contributed by atoms with Gasteiger partial charge < -0.3 is 4.48 Å². The van der Waals surface area contributed by atoms with Gasteiger partial charge in [-0.1, -0.05) is 54.6 Å². The first kappa shape index (κ1) is 17.4. The highest BCUT2D eigenvalue weighted by molar-refractivity contribution is 6.25. The van der Waals surface area contributed by atoms with Crippen molar-refractivity contribution in [2.45, 2.75) is 6.54 Å². The van der Waals surface area contributed by atoms with E-state index in [1.54, 1.807) is 0 Å². The number of amides is 2. The molecular formula is C23H23N2O2+. The second kappa shape index (κ2) is 6.63. The lowest BCUT2D eigenvalue weighted by Gasteiger charge is -2.33. The van der Waals surface area contributed by atoms with Crippen molar-refractivity contribution in [2.24, 2.45) is 0 Å². The number of carbonyl (C=O) groups excluding carboxylic acids is 2. The molecule has 3 aromatic carbocycles. The minimum absolute atomic E-state index is 0.191. The van der Waals surface area contributed by atoms with Crippen molar-refractivity contribution in [3.05, 3.63) is 83.4 Å². The van der Waals surface area contributed by atoms with Crippen LogP contribution in [0, 0.1) is 0 Å². The van der Waals surface area contributed by atoms with Gasteiger partial charge in [-0.15, -0.1) is 0 Å². The summed E-state index contributed by atoms with van der Waals surface area (Å²) in [5.41, 5.74) is 2.49. The van der Waals surface area contributed by atoms with Gasteiger partial charge in [0.1, 0.15) is 6.54 Å². The third kappa shape index (κ3) is 3.24. The number of carbonyl (C=O) groups is 2. The molecule has 4 nitrogen and oxygen atoms in total. The maximum Gasteiger partial charge on any atom is 0.261 e. The van der Waals surface area contributed by atoms with Gasteiger partial charge in [-0.25, -0.2) is 0 Å². The molecule has 1 heterocycles. The molecule has 0 fully saturated rings. The first-order valence-corrected chi connectivity index (χ1v) is 9.20. The third-order valence-corrected chi connectivity index (χ3v) is 5.24. The molecule has 0 aliphatic carbocycles. The van der Waals surface area contributed by atoms with E-state index in [9.17, 15) is 9.59 Å². The molecule has 3 aromatic rings. The van der Waals surface area contributed by atoms with Gasteiger partial charge in [0.05, 0.1) is 27.2 Å². The minimum Gasteiger partial charge on any atom is -0.323 e. The zero-order valence-corrected chi connectivity index (χ0v) is 15.7. The summed E-state index contributed by atoms with van der Waals surface area (Å²) >= 11 is 0. The lowest BCUT2D eigenvalue weighted by Crippen LogP contribution is -2.49. The molecule has 0 atom stereocenters. The molecule has 0 saturated heterocycles. The molecule has 0 unspecified atom stereocenters. The van der Waals surface area contributed by atoms with Crippen LogP contribution >= 0.6 is 0 Å². The van der Waals surface area contributed by atoms with Crippen molar-refractivity contribution in [3.8, 4) is 0 Å². The lowest BCUT2D eigenvalue weighted by atomic mass is 9.94. The maximum atomic E-state index is 13.0. The zero-order chi connectivity index (χ0) is 19.0. The number of hydrogen-bond donors (Lipinski definition) is 0. The monoisotopic (exact) mass is 359 g/mol. The van der Waals surface area contributed by atoms with Crippen molar-refractivity contribution in [3.63, 3.8) is 0 Å². The Balaban J connectivity index is 1.57. The lowest BCUT2D eigenvalue weighted by molar-refractivity contribution is -0.902. The van der Waals surface area contributed by atoms with Gasteiger partial charge in [0.15, 0.2) is 0 Å². The summed E-state index contributed by atoms with van der Waals surface area (Å²) in [5, 5.41) is 1.72. The van der Waals surface area contributed by atoms with Crippen LogP contribution in [-0.4, -0.2) is 48.4 Å². The summed E-state index contributed by atoms with van der Waals surface area (Å²) in [6, 6.07) is 21.6. The van der Waals surface area contributed by atoms with Crippen molar-refractivity contribution < 1.29 is 14.1 Å². The Morgan fingerprint density at radius 3 is 1.96 bits per heavy atom. The van der Waals surface area contributed by atoms with Gasteiger partial charge in [0.25, 0.3) is 11.8 Å². The van der Waals surface area contributed by atoms with E-state index in [2.05, 4.69) is 26.2 Å². The smallest absolute Gasteiger partial charge is 0.261 e. The van der Waals surface area contributed by atoms with Crippen molar-refractivity contribution in [2.75, 3.05) is 27.2 Å². The van der Waals surface area contributed by atoms with E-state index in [0.717, 1.165) is 17.3 Å². The summed E-state index contributed by atoms with van der Waals surface area (Å²) in [6.07, 6.45) is 0. The molecule has 0 aromatic heterocycles. The van der Waals surface area contributed by atoms with E-state index in [1.165, 1.54) is 10.5 Å². The van der Waals surface area contributed by atoms with Crippen LogP contribution in [0.1, 0.15) is 26.3 Å². The highest BCUT2D eigenvalue weighted by atomic mass is 16.2. The van der Waals surface area contributed by atoms with Crippen LogP contribution in [0.2, 0.25) is 0 Å². The highest BCUT2D eigenvalue weighted by Gasteiger charge is 2.33. The normalized spacial score (nSPS) is 14.1. The number of rotatable bonds is 5. The molecule has 0 bridgehead atoms. The van der Waals surface area contributed by atoms with Gasteiger partial charge >= 0.3 is 0 Å². The Kier molecular flexibility index (Phi) is 4.28. The van der Waals surface area contributed by atoms with Crippen LogP contribution in [-0.2, 0) is 6.54 Å². The molecular weight excluding hydrogens is 336 g/mol. The van der Waals surface area contributed by atoms with Gasteiger partial charge in [-0.05, 0) is 17.5 Å². The fourth-order valence-corrected chi connectivity index (χ4v) is 3.81. The number of benzene rings is 3. The number of likely N-dealkylation sites (N-methyl/N-ethyl adjacent to an activating group) is 1. The largest absolute Gasteiger partial charge is 0.323 e. The van der Waals surface area contributed by atoms with Crippen molar-refractivity contribution in [1.82, 2.24) is 4.90 Å². The Hall–Kier alpha value is -2.98. The number of quaternary nitrogens is 1. The first-order valence-electron chi connectivity index (χ1n) is 9.20. The minimum atomic E-state index is -0.191. The topological polar surface area (TPSA) is 37.4 Å². The van der Waals surface area contributed by atoms with Crippen LogP contribution in [0.25, 0.3) is 10.8 Å². The Bertz CT molecular complexity index is 974. The van der Waals surface area contributed by atoms with E-state index in [-0.39, 0.29) is 11.8 Å². The second-order valence-electron chi connectivity index (χ2n) is 7.77. The molecule has 0 saturated carbocycles. The molecule has 2 amide bonds. The molecule has 1 aliphatic heterocycles. The van der Waals surface area contributed by atoms with Crippen LogP contribution in [0.3, 0.4) is 0 Å². The van der Waals surface area contributed by atoms with Gasteiger partial charge in [-0.3, -0.25) is 14.5 Å². The Labute approximate surface area is 159 Å². The quantitative estimate of drug-likeness (QED) is 0.514. The van der Waals surface area contributed by atoms with E-state index in [1.807, 2.05) is 54.6 Å². The predicted octanol–water partition coefficient (Wildman–Crippen LogP) is 3.71. The molecule has 1 aliphatic rings. The van der Waals surface area contributed by atoms with E-state index in [0.29, 0.717) is 28.7 Å². The summed E-state index contributed by atoms with van der Waals surface area (Å²) in [5.74, 6) is -0.381. The summed E-state index contributed by atoms with van der Waals surface area (Å²) in [7, 11) is 4.25. The van der Waals surface area contributed by atoms with Crippen LogP contribution in [0.5, 0.6) is 0 Å².